The molecule has 0 aliphatic carbocycles. The number of ether oxygens (including phenoxy) is 1. The molecule has 0 bridgehead atoms. The molecular weight excluding hydrogens is 298 g/mol. The molecule has 1 aromatic carbocycles. The van der Waals surface area contributed by atoms with Gasteiger partial charge in [-0.2, -0.15) is 0 Å². The number of phenols is 1. The summed E-state index contributed by atoms with van der Waals surface area (Å²) < 4.78 is 5.12. The Morgan fingerprint density at radius 3 is 3.00 bits per heavy atom. The van der Waals surface area contributed by atoms with Crippen molar-refractivity contribution in [1.29, 1.82) is 0 Å². The van der Waals surface area contributed by atoms with Crippen LogP contribution in [0, 0.1) is 0 Å². The molecule has 0 saturated heterocycles. The summed E-state index contributed by atoms with van der Waals surface area (Å²) in [7, 11) is 1.60. The number of thioether (sulfide) groups is 1. The topological polar surface area (TPSA) is 58.5 Å². The van der Waals surface area contributed by atoms with Gasteiger partial charge in [0.25, 0.3) is 0 Å². The number of phenolic OH excluding ortho intramolecular Hbond substituents is 1. The van der Waals surface area contributed by atoms with Crippen LogP contribution in [0.1, 0.15) is 16.8 Å². The molecule has 6 heteroatoms. The first kappa shape index (κ1) is 15.1. The van der Waals surface area contributed by atoms with Gasteiger partial charge in [-0.15, -0.1) is 0 Å². The number of hydrogen-bond donors (Lipinski definition) is 1. The summed E-state index contributed by atoms with van der Waals surface area (Å²) >= 11 is 1.57. The monoisotopic (exact) mass is 317 g/mol. The largest absolute Gasteiger partial charge is 0.507 e. The van der Waals surface area contributed by atoms with E-state index in [0.717, 1.165) is 35.9 Å². The molecule has 2 heterocycles. The molecule has 0 spiro atoms. The summed E-state index contributed by atoms with van der Waals surface area (Å²) in [5, 5.41) is 10.9. The molecule has 0 atom stereocenters. The number of hydrogen-bond acceptors (Lipinski definition) is 6. The predicted molar refractivity (Wildman–Crippen MR) is 86.3 cm³/mol. The highest BCUT2D eigenvalue weighted by atomic mass is 32.2. The van der Waals surface area contributed by atoms with E-state index in [0.29, 0.717) is 12.3 Å². The van der Waals surface area contributed by atoms with Gasteiger partial charge in [-0.25, -0.2) is 9.97 Å². The molecular formula is C16H19N3O2S. The number of aromatic nitrogens is 2. The lowest BCUT2D eigenvalue weighted by Crippen LogP contribution is -2.31. The standard InChI is InChI=1S/C16H19N3O2S/c1-21-13-4-3-11(15(20)7-13)9-19-6-5-14-12(10-19)8-17-16(18-14)22-2/h3-4,7-8,20H,5-6,9-10H2,1-2H3. The Hall–Kier alpha value is -1.79. The molecule has 1 aromatic heterocycles. The number of methoxy groups -OCH3 is 1. The lowest BCUT2D eigenvalue weighted by molar-refractivity contribution is 0.239. The molecule has 1 N–H and O–H groups in total. The highest BCUT2D eigenvalue weighted by molar-refractivity contribution is 7.98. The summed E-state index contributed by atoms with van der Waals surface area (Å²) in [6.07, 6.45) is 4.83. The molecule has 22 heavy (non-hydrogen) atoms. The molecule has 2 aromatic rings. The predicted octanol–water partition coefficient (Wildman–Crippen LogP) is 2.47. The van der Waals surface area contributed by atoms with E-state index in [2.05, 4.69) is 14.9 Å². The summed E-state index contributed by atoms with van der Waals surface area (Å²) in [6.45, 7) is 2.46. The minimum atomic E-state index is 0.277. The van der Waals surface area contributed by atoms with Crippen LogP contribution in [0.5, 0.6) is 11.5 Å². The Labute approximate surface area is 134 Å². The van der Waals surface area contributed by atoms with E-state index in [1.54, 1.807) is 24.9 Å². The second-order valence-corrected chi connectivity index (χ2v) is 6.06. The van der Waals surface area contributed by atoms with Crippen molar-refractivity contribution in [3.63, 3.8) is 0 Å². The van der Waals surface area contributed by atoms with Gasteiger partial charge in [0.05, 0.1) is 12.8 Å². The van der Waals surface area contributed by atoms with Crippen LogP contribution >= 0.6 is 11.8 Å². The number of aromatic hydroxyl groups is 1. The van der Waals surface area contributed by atoms with Crippen LogP contribution in [-0.4, -0.2) is 39.9 Å². The van der Waals surface area contributed by atoms with Crippen molar-refractivity contribution in [3.05, 3.63) is 41.2 Å². The molecule has 0 radical (unpaired) electrons. The van der Waals surface area contributed by atoms with E-state index < -0.39 is 0 Å². The van der Waals surface area contributed by atoms with Crippen molar-refractivity contribution in [1.82, 2.24) is 14.9 Å². The Morgan fingerprint density at radius 2 is 2.27 bits per heavy atom. The third-order valence-corrected chi connectivity index (χ3v) is 4.42. The SMILES string of the molecule is COc1ccc(CN2CCc3nc(SC)ncc3C2)c(O)c1. The second-order valence-electron chi connectivity index (χ2n) is 5.28. The Kier molecular flexibility index (Phi) is 4.49. The molecule has 0 unspecified atom stereocenters. The average molecular weight is 317 g/mol. The molecule has 3 rings (SSSR count). The first-order valence-corrected chi connectivity index (χ1v) is 8.39. The van der Waals surface area contributed by atoms with Crippen LogP contribution < -0.4 is 4.74 Å². The van der Waals surface area contributed by atoms with Crippen molar-refractivity contribution in [2.45, 2.75) is 24.7 Å². The van der Waals surface area contributed by atoms with E-state index in [9.17, 15) is 5.11 Å². The number of rotatable bonds is 4. The average Bonchev–Trinajstić information content (AvgIpc) is 2.56. The van der Waals surface area contributed by atoms with Crippen molar-refractivity contribution in [3.8, 4) is 11.5 Å². The van der Waals surface area contributed by atoms with Crippen LogP contribution in [0.2, 0.25) is 0 Å². The summed E-state index contributed by atoms with van der Waals surface area (Å²) in [4.78, 5) is 11.2. The van der Waals surface area contributed by atoms with Gasteiger partial charge in [-0.3, -0.25) is 4.90 Å². The highest BCUT2D eigenvalue weighted by Gasteiger charge is 2.19. The molecule has 0 fully saturated rings. The zero-order valence-corrected chi connectivity index (χ0v) is 13.6. The van der Waals surface area contributed by atoms with Gasteiger partial charge < -0.3 is 9.84 Å². The molecule has 0 saturated carbocycles. The number of fused-ring (bicyclic) bond motifs is 1. The summed E-state index contributed by atoms with van der Waals surface area (Å²) in [5.74, 6) is 0.947. The maximum atomic E-state index is 10.1. The number of nitrogens with zero attached hydrogens (tertiary/aromatic N) is 3. The molecule has 1 aliphatic rings. The van der Waals surface area contributed by atoms with E-state index >= 15 is 0 Å². The molecule has 0 amide bonds. The Morgan fingerprint density at radius 1 is 1.41 bits per heavy atom. The number of benzene rings is 1. The van der Waals surface area contributed by atoms with Crippen molar-refractivity contribution < 1.29 is 9.84 Å². The van der Waals surface area contributed by atoms with Crippen LogP contribution in [0.4, 0.5) is 0 Å². The zero-order valence-electron chi connectivity index (χ0n) is 12.7. The van der Waals surface area contributed by atoms with Gasteiger partial charge >= 0.3 is 0 Å². The zero-order chi connectivity index (χ0) is 15.5. The van der Waals surface area contributed by atoms with E-state index in [-0.39, 0.29) is 5.75 Å². The van der Waals surface area contributed by atoms with Crippen LogP contribution in [-0.2, 0) is 19.5 Å². The maximum Gasteiger partial charge on any atom is 0.187 e. The van der Waals surface area contributed by atoms with Gasteiger partial charge in [0.15, 0.2) is 5.16 Å². The maximum absolute atomic E-state index is 10.1. The third-order valence-electron chi connectivity index (χ3n) is 3.86. The normalized spacial score (nSPS) is 14.6. The van der Waals surface area contributed by atoms with Gasteiger partial charge in [0.2, 0.25) is 0 Å². The molecule has 1 aliphatic heterocycles. The summed E-state index contributed by atoms with van der Waals surface area (Å²) in [5.41, 5.74) is 3.23. The van der Waals surface area contributed by atoms with E-state index in [1.807, 2.05) is 24.6 Å². The van der Waals surface area contributed by atoms with E-state index in [1.165, 1.54) is 5.56 Å². The Bertz CT molecular complexity index is 678. The first-order valence-electron chi connectivity index (χ1n) is 7.16. The smallest absolute Gasteiger partial charge is 0.187 e. The van der Waals surface area contributed by atoms with Crippen LogP contribution in [0.15, 0.2) is 29.6 Å². The van der Waals surface area contributed by atoms with Gasteiger partial charge in [-0.05, 0) is 12.3 Å². The fourth-order valence-corrected chi connectivity index (χ4v) is 2.99. The van der Waals surface area contributed by atoms with Crippen LogP contribution in [0.25, 0.3) is 0 Å². The van der Waals surface area contributed by atoms with Gasteiger partial charge in [0, 0.05) is 49.4 Å². The van der Waals surface area contributed by atoms with Gasteiger partial charge in [-0.1, -0.05) is 17.8 Å². The van der Waals surface area contributed by atoms with Crippen molar-refractivity contribution in [2.75, 3.05) is 19.9 Å². The third kappa shape index (κ3) is 3.18. The fraction of sp³-hybridized carbons (Fsp3) is 0.375. The highest BCUT2D eigenvalue weighted by Crippen LogP contribution is 2.26. The quantitative estimate of drug-likeness (QED) is 0.690. The molecule has 5 nitrogen and oxygen atoms in total. The minimum absolute atomic E-state index is 0.277. The second kappa shape index (κ2) is 6.54. The van der Waals surface area contributed by atoms with Crippen molar-refractivity contribution >= 4 is 11.8 Å². The van der Waals surface area contributed by atoms with Crippen LogP contribution in [0.3, 0.4) is 0 Å². The minimum Gasteiger partial charge on any atom is -0.507 e. The fourth-order valence-electron chi connectivity index (χ4n) is 2.63. The Balaban J connectivity index is 1.72. The molecule has 116 valence electrons. The summed E-state index contributed by atoms with van der Waals surface area (Å²) in [6, 6.07) is 5.44. The van der Waals surface area contributed by atoms with E-state index in [4.69, 9.17) is 4.74 Å². The first-order chi connectivity index (χ1) is 10.7. The lowest BCUT2D eigenvalue weighted by Gasteiger charge is -2.28. The lowest BCUT2D eigenvalue weighted by atomic mass is 10.1. The van der Waals surface area contributed by atoms with Crippen molar-refractivity contribution in [2.24, 2.45) is 0 Å². The van der Waals surface area contributed by atoms with Gasteiger partial charge in [0.1, 0.15) is 11.5 Å².